The van der Waals surface area contributed by atoms with E-state index in [1.54, 1.807) is 12.1 Å². The highest BCUT2D eigenvalue weighted by molar-refractivity contribution is 6.02. The molecule has 1 aromatic carbocycles. The lowest BCUT2D eigenvalue weighted by Gasteiger charge is -2.25. The van der Waals surface area contributed by atoms with E-state index in [0.29, 0.717) is 31.9 Å². The number of anilines is 1. The molecule has 1 unspecified atom stereocenters. The van der Waals surface area contributed by atoms with E-state index < -0.39 is 11.7 Å². The van der Waals surface area contributed by atoms with Gasteiger partial charge >= 0.3 is 0 Å². The van der Waals surface area contributed by atoms with Gasteiger partial charge in [0, 0.05) is 31.5 Å². The van der Waals surface area contributed by atoms with Crippen molar-refractivity contribution in [2.45, 2.75) is 45.4 Å². The minimum absolute atomic E-state index is 0.0585. The molecule has 1 aliphatic rings. The van der Waals surface area contributed by atoms with E-state index in [2.05, 4.69) is 10.3 Å². The normalized spacial score (nSPS) is 15.5. The van der Waals surface area contributed by atoms with Crippen molar-refractivity contribution in [2.75, 3.05) is 18.5 Å². The lowest BCUT2D eigenvalue weighted by Crippen LogP contribution is -2.37. The zero-order chi connectivity index (χ0) is 23.2. The van der Waals surface area contributed by atoms with Gasteiger partial charge in [0.15, 0.2) is 5.69 Å². The molecular formula is C24H27FN4O4. The number of hydrogen-bond donors (Lipinski definition) is 1. The number of ether oxygens (including phenoxy) is 1. The topological polar surface area (TPSA) is 89.6 Å². The molecule has 0 bridgehead atoms. The van der Waals surface area contributed by atoms with Crippen LogP contribution < -0.4 is 5.32 Å². The number of halogens is 1. The largest absolute Gasteiger partial charge is 0.446 e. The quantitative estimate of drug-likeness (QED) is 0.531. The van der Waals surface area contributed by atoms with Gasteiger partial charge in [-0.1, -0.05) is 19.1 Å². The summed E-state index contributed by atoms with van der Waals surface area (Å²) in [5.41, 5.74) is 1.06. The number of oxazole rings is 1. The van der Waals surface area contributed by atoms with Crippen LogP contribution in [0.4, 0.5) is 10.1 Å². The molecule has 174 valence electrons. The number of para-hydroxylation sites is 1. The summed E-state index contributed by atoms with van der Waals surface area (Å²) in [6.45, 7) is 3.90. The van der Waals surface area contributed by atoms with Gasteiger partial charge in [-0.25, -0.2) is 9.37 Å². The second-order valence-electron chi connectivity index (χ2n) is 7.95. The van der Waals surface area contributed by atoms with Crippen LogP contribution in [0.25, 0.3) is 0 Å². The standard InChI is InChI=1S/C24H27FN4O4/c1-2-23(30)29(14-18-8-6-12-32-18)13-17-7-5-11-28(17)15-22-26-21(16-33-22)24(31)27-20-10-4-3-9-19(20)25/h3-5,7,9-11,16,18H,2,6,8,12-15H2,1H3,(H,27,31). The van der Waals surface area contributed by atoms with E-state index in [4.69, 9.17) is 9.15 Å². The van der Waals surface area contributed by atoms with Crippen molar-refractivity contribution in [3.05, 3.63) is 72.0 Å². The van der Waals surface area contributed by atoms with Crippen LogP contribution in [0.15, 0.2) is 53.3 Å². The van der Waals surface area contributed by atoms with Crippen LogP contribution in [0.3, 0.4) is 0 Å². The summed E-state index contributed by atoms with van der Waals surface area (Å²) in [6, 6.07) is 9.75. The van der Waals surface area contributed by atoms with Crippen LogP contribution >= 0.6 is 0 Å². The number of nitrogens with zero attached hydrogens (tertiary/aromatic N) is 3. The zero-order valence-electron chi connectivity index (χ0n) is 18.5. The molecule has 1 atom stereocenters. The number of rotatable bonds is 9. The predicted molar refractivity (Wildman–Crippen MR) is 119 cm³/mol. The lowest BCUT2D eigenvalue weighted by molar-refractivity contribution is -0.133. The molecule has 0 spiro atoms. The van der Waals surface area contributed by atoms with Crippen LogP contribution in [0.2, 0.25) is 0 Å². The van der Waals surface area contributed by atoms with E-state index in [1.165, 1.54) is 18.4 Å². The number of nitrogens with one attached hydrogen (secondary N) is 1. The Morgan fingerprint density at radius 2 is 2.12 bits per heavy atom. The first-order valence-corrected chi connectivity index (χ1v) is 11.1. The highest BCUT2D eigenvalue weighted by Crippen LogP contribution is 2.18. The maximum absolute atomic E-state index is 13.8. The lowest BCUT2D eigenvalue weighted by atomic mass is 10.2. The van der Waals surface area contributed by atoms with Crippen molar-refractivity contribution < 1.29 is 23.1 Å². The van der Waals surface area contributed by atoms with Gasteiger partial charge in [-0.3, -0.25) is 9.59 Å². The second-order valence-corrected chi connectivity index (χ2v) is 7.95. The molecule has 0 saturated carbocycles. The Balaban J connectivity index is 1.42. The Bertz CT molecular complexity index is 1100. The molecule has 1 saturated heterocycles. The summed E-state index contributed by atoms with van der Waals surface area (Å²) < 4.78 is 26.9. The van der Waals surface area contributed by atoms with Crippen LogP contribution in [-0.2, 0) is 22.6 Å². The van der Waals surface area contributed by atoms with Crippen LogP contribution in [0.1, 0.15) is 48.3 Å². The Kier molecular flexibility index (Phi) is 7.19. The third-order valence-electron chi connectivity index (χ3n) is 5.59. The van der Waals surface area contributed by atoms with Gasteiger partial charge in [0.1, 0.15) is 12.1 Å². The van der Waals surface area contributed by atoms with Crippen molar-refractivity contribution in [1.82, 2.24) is 14.5 Å². The number of benzene rings is 1. The Hall–Kier alpha value is -3.46. The highest BCUT2D eigenvalue weighted by Gasteiger charge is 2.23. The van der Waals surface area contributed by atoms with Gasteiger partial charge in [-0.15, -0.1) is 0 Å². The number of aromatic nitrogens is 2. The average Bonchev–Trinajstić information content (AvgIpc) is 3.58. The molecule has 1 N–H and O–H groups in total. The molecule has 33 heavy (non-hydrogen) atoms. The van der Waals surface area contributed by atoms with Crippen LogP contribution in [-0.4, -0.2) is 45.5 Å². The van der Waals surface area contributed by atoms with Crippen molar-refractivity contribution in [3.63, 3.8) is 0 Å². The monoisotopic (exact) mass is 454 g/mol. The van der Waals surface area contributed by atoms with Gasteiger partial charge in [-0.05, 0) is 37.1 Å². The first-order chi connectivity index (χ1) is 16.0. The first kappa shape index (κ1) is 22.7. The molecule has 1 aliphatic heterocycles. The van der Waals surface area contributed by atoms with Crippen LogP contribution in [0, 0.1) is 5.82 Å². The first-order valence-electron chi connectivity index (χ1n) is 11.1. The third kappa shape index (κ3) is 5.67. The van der Waals surface area contributed by atoms with Crippen molar-refractivity contribution >= 4 is 17.5 Å². The average molecular weight is 455 g/mol. The maximum Gasteiger partial charge on any atom is 0.277 e. The summed E-state index contributed by atoms with van der Waals surface area (Å²) in [6.07, 6.45) is 5.60. The fourth-order valence-electron chi connectivity index (χ4n) is 3.84. The Labute approximate surface area is 191 Å². The third-order valence-corrected chi connectivity index (χ3v) is 5.59. The van der Waals surface area contributed by atoms with E-state index in [9.17, 15) is 14.0 Å². The molecule has 1 fully saturated rings. The van der Waals surface area contributed by atoms with E-state index >= 15 is 0 Å². The van der Waals surface area contributed by atoms with Gasteiger partial charge in [0.2, 0.25) is 11.8 Å². The summed E-state index contributed by atoms with van der Waals surface area (Å²) in [5.74, 6) is -0.681. The van der Waals surface area contributed by atoms with Gasteiger partial charge < -0.3 is 23.9 Å². The molecule has 9 heteroatoms. The second kappa shape index (κ2) is 10.4. The molecule has 8 nitrogen and oxygen atoms in total. The van der Waals surface area contributed by atoms with Crippen molar-refractivity contribution in [1.29, 1.82) is 0 Å². The molecule has 3 heterocycles. The van der Waals surface area contributed by atoms with E-state index in [1.807, 2.05) is 34.7 Å². The van der Waals surface area contributed by atoms with Gasteiger partial charge in [-0.2, -0.15) is 0 Å². The smallest absolute Gasteiger partial charge is 0.277 e. The Morgan fingerprint density at radius 1 is 1.27 bits per heavy atom. The van der Waals surface area contributed by atoms with E-state index in [-0.39, 0.29) is 23.4 Å². The minimum Gasteiger partial charge on any atom is -0.446 e. The molecular weight excluding hydrogens is 427 g/mol. The fraction of sp³-hybridized carbons (Fsp3) is 0.375. The minimum atomic E-state index is -0.556. The highest BCUT2D eigenvalue weighted by atomic mass is 19.1. The van der Waals surface area contributed by atoms with Gasteiger partial charge in [0.05, 0.1) is 24.9 Å². The zero-order valence-corrected chi connectivity index (χ0v) is 18.5. The molecule has 0 radical (unpaired) electrons. The summed E-state index contributed by atoms with van der Waals surface area (Å²) >= 11 is 0. The summed E-state index contributed by atoms with van der Waals surface area (Å²) in [4.78, 5) is 31.0. The van der Waals surface area contributed by atoms with E-state index in [0.717, 1.165) is 25.1 Å². The molecule has 3 aromatic rings. The number of hydrogen-bond acceptors (Lipinski definition) is 5. The maximum atomic E-state index is 13.8. The molecule has 0 aliphatic carbocycles. The number of amides is 2. The number of carbonyl (C=O) groups is 2. The van der Waals surface area contributed by atoms with Gasteiger partial charge in [0.25, 0.3) is 5.91 Å². The van der Waals surface area contributed by atoms with Crippen LogP contribution in [0.5, 0.6) is 0 Å². The van der Waals surface area contributed by atoms with Crippen molar-refractivity contribution in [2.24, 2.45) is 0 Å². The summed E-state index contributed by atoms with van der Waals surface area (Å²) in [7, 11) is 0. The fourth-order valence-corrected chi connectivity index (χ4v) is 3.84. The SMILES string of the molecule is CCC(=O)N(Cc1cccn1Cc1nc(C(=O)Nc2ccccc2F)co1)CC1CCCO1. The molecule has 2 aromatic heterocycles. The van der Waals surface area contributed by atoms with Crippen molar-refractivity contribution in [3.8, 4) is 0 Å². The number of carbonyl (C=O) groups excluding carboxylic acids is 2. The molecule has 2 amide bonds. The predicted octanol–water partition coefficient (Wildman–Crippen LogP) is 3.83. The summed E-state index contributed by atoms with van der Waals surface area (Å²) in [5, 5.41) is 2.49. The Morgan fingerprint density at radius 3 is 2.88 bits per heavy atom. The molecule has 4 rings (SSSR count).